The first-order valence-electron chi connectivity index (χ1n) is 7.85. The number of carbonyl (C=O) groups excluding carboxylic acids is 2. The quantitative estimate of drug-likeness (QED) is 0.823. The van der Waals surface area contributed by atoms with Crippen molar-refractivity contribution < 1.29 is 19.1 Å². The van der Waals surface area contributed by atoms with Crippen molar-refractivity contribution in [3.8, 4) is 5.75 Å². The molecule has 25 heavy (non-hydrogen) atoms. The number of esters is 1. The fourth-order valence-corrected chi connectivity index (χ4v) is 3.49. The molecule has 1 atom stereocenters. The molecule has 1 amide bonds. The molecular formula is C17H19N3O4S. The minimum Gasteiger partial charge on any atom is -0.497 e. The first-order chi connectivity index (χ1) is 11.9. The van der Waals surface area contributed by atoms with Crippen molar-refractivity contribution in [1.82, 2.24) is 10.2 Å². The number of nitrogens with one attached hydrogen (secondary N) is 1. The van der Waals surface area contributed by atoms with Gasteiger partial charge in [0.05, 0.1) is 19.4 Å². The number of hydrogen-bond acceptors (Lipinski definition) is 7. The lowest BCUT2D eigenvalue weighted by Gasteiger charge is -2.23. The lowest BCUT2D eigenvalue weighted by molar-refractivity contribution is -0.147. The molecule has 132 valence electrons. The number of amides is 1. The monoisotopic (exact) mass is 361 g/mol. The lowest BCUT2D eigenvalue weighted by Crippen LogP contribution is -2.36. The Bertz CT molecular complexity index is 785. The Hall–Kier alpha value is -2.48. The van der Waals surface area contributed by atoms with E-state index in [0.29, 0.717) is 11.6 Å². The minimum atomic E-state index is -0.808. The highest BCUT2D eigenvalue weighted by Gasteiger charge is 2.46. The number of aromatic nitrogens is 2. The Labute approximate surface area is 149 Å². The molecule has 1 aliphatic rings. The summed E-state index contributed by atoms with van der Waals surface area (Å²) in [6.45, 7) is 3.47. The van der Waals surface area contributed by atoms with Crippen LogP contribution in [0.1, 0.15) is 30.8 Å². The SMILES string of the molecule is COc1ccc(Cc2nnc(NC(=O)[C@H]3CC(=O)OC3(C)C)s2)cc1. The molecule has 0 saturated carbocycles. The third-order valence-electron chi connectivity index (χ3n) is 4.11. The van der Waals surface area contributed by atoms with Crippen LogP contribution in [0.4, 0.5) is 5.13 Å². The van der Waals surface area contributed by atoms with Crippen molar-refractivity contribution in [3.05, 3.63) is 34.8 Å². The van der Waals surface area contributed by atoms with Gasteiger partial charge in [-0.05, 0) is 31.5 Å². The van der Waals surface area contributed by atoms with Crippen LogP contribution in [0.2, 0.25) is 0 Å². The lowest BCUT2D eigenvalue weighted by atomic mass is 9.90. The highest BCUT2D eigenvalue weighted by molar-refractivity contribution is 7.15. The number of hydrogen-bond donors (Lipinski definition) is 1. The third kappa shape index (κ3) is 3.96. The second-order valence-electron chi connectivity index (χ2n) is 6.35. The maximum atomic E-state index is 12.4. The smallest absolute Gasteiger partial charge is 0.307 e. The highest BCUT2D eigenvalue weighted by Crippen LogP contribution is 2.33. The van der Waals surface area contributed by atoms with E-state index in [0.717, 1.165) is 16.3 Å². The molecule has 0 bridgehead atoms. The van der Waals surface area contributed by atoms with Gasteiger partial charge in [0, 0.05) is 6.42 Å². The molecule has 0 aliphatic carbocycles. The summed E-state index contributed by atoms with van der Waals surface area (Å²) in [5.74, 6) is -0.371. The Kier molecular flexibility index (Phi) is 4.71. The van der Waals surface area contributed by atoms with Crippen LogP contribution in [-0.2, 0) is 20.7 Å². The van der Waals surface area contributed by atoms with E-state index >= 15 is 0 Å². The largest absolute Gasteiger partial charge is 0.497 e. The number of methoxy groups -OCH3 is 1. The molecule has 1 aromatic carbocycles. The molecule has 0 unspecified atom stereocenters. The van der Waals surface area contributed by atoms with Gasteiger partial charge in [-0.25, -0.2) is 0 Å². The van der Waals surface area contributed by atoms with Gasteiger partial charge in [0.25, 0.3) is 0 Å². The van der Waals surface area contributed by atoms with Gasteiger partial charge in [0.15, 0.2) is 0 Å². The molecule has 1 aliphatic heterocycles. The molecule has 0 spiro atoms. The van der Waals surface area contributed by atoms with Crippen molar-refractivity contribution in [2.45, 2.75) is 32.3 Å². The summed E-state index contributed by atoms with van der Waals surface area (Å²) >= 11 is 1.31. The standard InChI is InChI=1S/C17H19N3O4S/c1-17(2)12(9-14(21)24-17)15(22)18-16-20-19-13(25-16)8-10-4-6-11(23-3)7-5-10/h4-7,12H,8-9H2,1-3H3,(H,18,20,22)/t12-/m1/s1. The van der Waals surface area contributed by atoms with Gasteiger partial charge in [0.2, 0.25) is 11.0 Å². The van der Waals surface area contributed by atoms with E-state index in [2.05, 4.69) is 15.5 Å². The van der Waals surface area contributed by atoms with E-state index in [-0.39, 0.29) is 18.3 Å². The molecule has 1 aromatic heterocycles. The zero-order valence-electron chi connectivity index (χ0n) is 14.2. The van der Waals surface area contributed by atoms with E-state index in [9.17, 15) is 9.59 Å². The van der Waals surface area contributed by atoms with Crippen LogP contribution < -0.4 is 10.1 Å². The van der Waals surface area contributed by atoms with Crippen LogP contribution in [0.5, 0.6) is 5.75 Å². The van der Waals surface area contributed by atoms with E-state index in [1.807, 2.05) is 24.3 Å². The van der Waals surface area contributed by atoms with Crippen LogP contribution in [0, 0.1) is 5.92 Å². The Morgan fingerprint density at radius 3 is 2.68 bits per heavy atom. The molecule has 8 heteroatoms. The zero-order chi connectivity index (χ0) is 18.0. The first-order valence-corrected chi connectivity index (χ1v) is 8.67. The van der Waals surface area contributed by atoms with E-state index in [1.54, 1.807) is 21.0 Å². The van der Waals surface area contributed by atoms with E-state index in [1.165, 1.54) is 11.3 Å². The fourth-order valence-electron chi connectivity index (χ4n) is 2.71. The number of carbonyl (C=O) groups is 2. The predicted octanol–water partition coefficient (Wildman–Crippen LogP) is 2.42. The summed E-state index contributed by atoms with van der Waals surface area (Å²) in [4.78, 5) is 23.8. The Balaban J connectivity index is 1.63. The third-order valence-corrected chi connectivity index (χ3v) is 4.95. The average molecular weight is 361 g/mol. The van der Waals surface area contributed by atoms with Crippen molar-refractivity contribution >= 4 is 28.3 Å². The highest BCUT2D eigenvalue weighted by atomic mass is 32.1. The molecule has 3 rings (SSSR count). The molecular weight excluding hydrogens is 342 g/mol. The molecule has 0 radical (unpaired) electrons. The number of anilines is 1. The number of nitrogens with zero attached hydrogens (tertiary/aromatic N) is 2. The van der Waals surface area contributed by atoms with Crippen LogP contribution in [-0.4, -0.2) is 34.8 Å². The second-order valence-corrected chi connectivity index (χ2v) is 7.41. The van der Waals surface area contributed by atoms with Gasteiger partial charge < -0.3 is 14.8 Å². The van der Waals surface area contributed by atoms with Crippen LogP contribution in [0.25, 0.3) is 0 Å². The summed E-state index contributed by atoms with van der Waals surface area (Å²) < 4.78 is 10.3. The van der Waals surface area contributed by atoms with Crippen LogP contribution in [0.3, 0.4) is 0 Å². The van der Waals surface area contributed by atoms with E-state index in [4.69, 9.17) is 9.47 Å². The molecule has 1 fully saturated rings. The second kappa shape index (κ2) is 6.79. The molecule has 2 heterocycles. The van der Waals surface area contributed by atoms with Gasteiger partial charge in [-0.1, -0.05) is 23.5 Å². The van der Waals surface area contributed by atoms with Gasteiger partial charge in [-0.15, -0.1) is 10.2 Å². The topological polar surface area (TPSA) is 90.4 Å². The Morgan fingerprint density at radius 1 is 1.36 bits per heavy atom. The molecule has 2 aromatic rings. The molecule has 1 saturated heterocycles. The van der Waals surface area contributed by atoms with Crippen LogP contribution in [0.15, 0.2) is 24.3 Å². The maximum absolute atomic E-state index is 12.4. The first kappa shape index (κ1) is 17.3. The van der Waals surface area contributed by atoms with Crippen molar-refractivity contribution in [1.29, 1.82) is 0 Å². The van der Waals surface area contributed by atoms with E-state index < -0.39 is 11.5 Å². The number of rotatable bonds is 5. The predicted molar refractivity (Wildman–Crippen MR) is 92.6 cm³/mol. The number of ether oxygens (including phenoxy) is 2. The van der Waals surface area contributed by atoms with Crippen LogP contribution >= 0.6 is 11.3 Å². The summed E-state index contributed by atoms with van der Waals surface area (Å²) in [6.07, 6.45) is 0.699. The minimum absolute atomic E-state index is 0.0797. The van der Waals surface area contributed by atoms with Crippen molar-refractivity contribution in [2.24, 2.45) is 5.92 Å². The summed E-state index contributed by atoms with van der Waals surface area (Å²) in [5, 5.41) is 12.1. The fraction of sp³-hybridized carbons (Fsp3) is 0.412. The molecule has 1 N–H and O–H groups in total. The Morgan fingerprint density at radius 2 is 2.08 bits per heavy atom. The molecule has 7 nitrogen and oxygen atoms in total. The maximum Gasteiger partial charge on any atom is 0.307 e. The summed E-state index contributed by atoms with van der Waals surface area (Å²) in [5.41, 5.74) is 0.267. The summed E-state index contributed by atoms with van der Waals surface area (Å²) in [6, 6.07) is 7.70. The van der Waals surface area contributed by atoms with Gasteiger partial charge in [-0.2, -0.15) is 0 Å². The van der Waals surface area contributed by atoms with Crippen molar-refractivity contribution in [2.75, 3.05) is 12.4 Å². The number of cyclic esters (lactones) is 1. The van der Waals surface area contributed by atoms with Gasteiger partial charge in [0.1, 0.15) is 16.4 Å². The van der Waals surface area contributed by atoms with Gasteiger partial charge >= 0.3 is 5.97 Å². The summed E-state index contributed by atoms with van der Waals surface area (Å²) in [7, 11) is 1.62. The number of benzene rings is 1. The van der Waals surface area contributed by atoms with Crippen molar-refractivity contribution in [3.63, 3.8) is 0 Å². The normalized spacial score (nSPS) is 18.7. The average Bonchev–Trinajstić information content (AvgIpc) is 3.10. The van der Waals surface area contributed by atoms with Gasteiger partial charge in [-0.3, -0.25) is 9.59 Å². The zero-order valence-corrected chi connectivity index (χ0v) is 15.1.